The number of nitrogens with zero attached hydrogens (tertiary/aromatic N) is 1. The average Bonchev–Trinajstić information content (AvgIpc) is 2.52. The van der Waals surface area contributed by atoms with E-state index in [0.29, 0.717) is 0 Å². The van der Waals surface area contributed by atoms with E-state index < -0.39 is 5.60 Å². The van der Waals surface area contributed by atoms with E-state index in [1.807, 2.05) is 6.92 Å². The number of rotatable bonds is 3. The second-order valence-corrected chi connectivity index (χ2v) is 6.35. The number of β-amino-alcohol motifs (C(OH)–C–C–N with tert-alkyl or cyclic N) is 1. The smallest absolute Gasteiger partial charge is 0.127 e. The van der Waals surface area contributed by atoms with E-state index in [1.54, 1.807) is 0 Å². The molecular weight excluding hydrogens is 214 g/mol. The Morgan fingerprint density at radius 3 is 2.29 bits per heavy atom. The molecule has 0 aromatic carbocycles. The minimum atomic E-state index is -0.547. The molecule has 1 saturated carbocycles. The van der Waals surface area contributed by atoms with Crippen LogP contribution in [-0.2, 0) is 4.79 Å². The van der Waals surface area contributed by atoms with Crippen molar-refractivity contribution in [3.63, 3.8) is 0 Å². The van der Waals surface area contributed by atoms with Gasteiger partial charge in [-0.15, -0.1) is 0 Å². The SMILES string of the molecule is CC1(O)CCN(CC2(C=O)CCCCCC2)C1. The first-order chi connectivity index (χ1) is 8.05. The van der Waals surface area contributed by atoms with Gasteiger partial charge >= 0.3 is 0 Å². The van der Waals surface area contributed by atoms with Gasteiger partial charge in [0.05, 0.1) is 5.60 Å². The lowest BCUT2D eigenvalue weighted by Crippen LogP contribution is -2.39. The van der Waals surface area contributed by atoms with Crippen molar-refractivity contribution in [3.8, 4) is 0 Å². The van der Waals surface area contributed by atoms with Gasteiger partial charge < -0.3 is 9.90 Å². The molecule has 3 heteroatoms. The van der Waals surface area contributed by atoms with Crippen molar-refractivity contribution in [1.82, 2.24) is 4.90 Å². The molecule has 98 valence electrons. The van der Waals surface area contributed by atoms with Gasteiger partial charge in [0.2, 0.25) is 0 Å². The van der Waals surface area contributed by atoms with E-state index in [1.165, 1.54) is 32.0 Å². The molecule has 0 aromatic rings. The van der Waals surface area contributed by atoms with E-state index in [9.17, 15) is 9.90 Å². The zero-order chi connectivity index (χ0) is 12.4. The Morgan fingerprint density at radius 2 is 1.82 bits per heavy atom. The molecule has 2 rings (SSSR count). The lowest BCUT2D eigenvalue weighted by molar-refractivity contribution is -0.118. The summed E-state index contributed by atoms with van der Waals surface area (Å²) in [5, 5.41) is 9.98. The molecule has 0 bridgehead atoms. The fourth-order valence-electron chi connectivity index (χ4n) is 3.37. The second kappa shape index (κ2) is 5.07. The summed E-state index contributed by atoms with van der Waals surface area (Å²) in [5.74, 6) is 0. The molecular formula is C14H25NO2. The van der Waals surface area contributed by atoms with Crippen LogP contribution < -0.4 is 0 Å². The fourth-order valence-corrected chi connectivity index (χ4v) is 3.37. The standard InChI is InChI=1S/C14H25NO2/c1-13(17)8-9-15(10-13)11-14(12-16)6-4-2-3-5-7-14/h12,17H,2-11H2,1H3. The third-order valence-corrected chi connectivity index (χ3v) is 4.42. The summed E-state index contributed by atoms with van der Waals surface area (Å²) < 4.78 is 0. The molecule has 1 unspecified atom stereocenters. The van der Waals surface area contributed by atoms with E-state index in [2.05, 4.69) is 4.90 Å². The molecule has 0 radical (unpaired) electrons. The van der Waals surface area contributed by atoms with Gasteiger partial charge in [-0.2, -0.15) is 0 Å². The van der Waals surface area contributed by atoms with E-state index in [0.717, 1.165) is 38.9 Å². The normalized spacial score (nSPS) is 34.5. The molecule has 1 heterocycles. The third kappa shape index (κ3) is 3.29. The quantitative estimate of drug-likeness (QED) is 0.605. The third-order valence-electron chi connectivity index (χ3n) is 4.42. The predicted octanol–water partition coefficient (Wildman–Crippen LogP) is 1.98. The minimum Gasteiger partial charge on any atom is -0.389 e. The Kier molecular flexibility index (Phi) is 3.88. The number of hydrogen-bond donors (Lipinski definition) is 1. The fraction of sp³-hybridized carbons (Fsp3) is 0.929. The van der Waals surface area contributed by atoms with Crippen LogP contribution in [0.2, 0.25) is 0 Å². The molecule has 3 nitrogen and oxygen atoms in total. The van der Waals surface area contributed by atoms with Crippen LogP contribution >= 0.6 is 0 Å². The summed E-state index contributed by atoms with van der Waals surface area (Å²) in [6, 6.07) is 0. The van der Waals surface area contributed by atoms with Gasteiger partial charge in [-0.05, 0) is 26.2 Å². The Morgan fingerprint density at radius 1 is 1.18 bits per heavy atom. The molecule has 2 fully saturated rings. The van der Waals surface area contributed by atoms with Crippen LogP contribution in [0.1, 0.15) is 51.9 Å². The Balaban J connectivity index is 1.96. The summed E-state index contributed by atoms with van der Waals surface area (Å²) in [7, 11) is 0. The van der Waals surface area contributed by atoms with Gasteiger partial charge in [-0.3, -0.25) is 4.90 Å². The molecule has 1 aliphatic heterocycles. The zero-order valence-electron chi connectivity index (χ0n) is 11.0. The first-order valence-corrected chi connectivity index (χ1v) is 6.96. The highest BCUT2D eigenvalue weighted by Crippen LogP contribution is 2.35. The van der Waals surface area contributed by atoms with Crippen LogP contribution in [0.15, 0.2) is 0 Å². The summed E-state index contributed by atoms with van der Waals surface area (Å²) in [6.45, 7) is 4.41. The Bertz CT molecular complexity index is 267. The largest absolute Gasteiger partial charge is 0.389 e. The van der Waals surface area contributed by atoms with Crippen molar-refractivity contribution in [2.24, 2.45) is 5.41 Å². The molecule has 1 atom stereocenters. The van der Waals surface area contributed by atoms with Crippen LogP contribution in [0.5, 0.6) is 0 Å². The van der Waals surface area contributed by atoms with E-state index in [4.69, 9.17) is 0 Å². The van der Waals surface area contributed by atoms with E-state index >= 15 is 0 Å². The predicted molar refractivity (Wildman–Crippen MR) is 67.9 cm³/mol. The number of hydrogen-bond acceptors (Lipinski definition) is 3. The maximum Gasteiger partial charge on any atom is 0.127 e. The lowest BCUT2D eigenvalue weighted by Gasteiger charge is -2.31. The molecule has 0 amide bonds. The molecule has 17 heavy (non-hydrogen) atoms. The second-order valence-electron chi connectivity index (χ2n) is 6.35. The first-order valence-electron chi connectivity index (χ1n) is 6.96. The molecule has 0 spiro atoms. The van der Waals surface area contributed by atoms with Gasteiger partial charge in [0.1, 0.15) is 6.29 Å². The molecule has 2 aliphatic rings. The average molecular weight is 239 g/mol. The summed E-state index contributed by atoms with van der Waals surface area (Å²) in [5.41, 5.74) is -0.675. The van der Waals surface area contributed by atoms with Gasteiger partial charge in [0.25, 0.3) is 0 Å². The van der Waals surface area contributed by atoms with Gasteiger partial charge in [-0.1, -0.05) is 25.7 Å². The number of aldehydes is 1. The van der Waals surface area contributed by atoms with Crippen molar-refractivity contribution in [2.75, 3.05) is 19.6 Å². The number of likely N-dealkylation sites (tertiary alicyclic amines) is 1. The van der Waals surface area contributed by atoms with Crippen molar-refractivity contribution in [2.45, 2.75) is 57.5 Å². The first kappa shape index (κ1) is 13.0. The van der Waals surface area contributed by atoms with Gasteiger partial charge in [0.15, 0.2) is 0 Å². The molecule has 1 N–H and O–H groups in total. The number of carbonyl (C=O) groups is 1. The molecule has 1 aliphatic carbocycles. The van der Waals surface area contributed by atoms with Gasteiger partial charge in [-0.25, -0.2) is 0 Å². The van der Waals surface area contributed by atoms with E-state index in [-0.39, 0.29) is 5.41 Å². The van der Waals surface area contributed by atoms with Crippen molar-refractivity contribution < 1.29 is 9.90 Å². The zero-order valence-corrected chi connectivity index (χ0v) is 11.0. The monoisotopic (exact) mass is 239 g/mol. The minimum absolute atomic E-state index is 0.128. The van der Waals surface area contributed by atoms with Crippen molar-refractivity contribution in [3.05, 3.63) is 0 Å². The number of carbonyl (C=O) groups excluding carboxylic acids is 1. The summed E-state index contributed by atoms with van der Waals surface area (Å²) in [6.07, 6.45) is 9.02. The topological polar surface area (TPSA) is 40.5 Å². The van der Waals surface area contributed by atoms with Crippen LogP contribution in [0, 0.1) is 5.41 Å². The maximum atomic E-state index is 11.5. The van der Waals surface area contributed by atoms with Crippen LogP contribution in [0.25, 0.3) is 0 Å². The van der Waals surface area contributed by atoms with Crippen LogP contribution in [-0.4, -0.2) is 41.5 Å². The van der Waals surface area contributed by atoms with Crippen LogP contribution in [0.3, 0.4) is 0 Å². The highest BCUT2D eigenvalue weighted by atomic mass is 16.3. The summed E-state index contributed by atoms with van der Waals surface area (Å²) in [4.78, 5) is 13.8. The van der Waals surface area contributed by atoms with Crippen LogP contribution in [0.4, 0.5) is 0 Å². The highest BCUT2D eigenvalue weighted by molar-refractivity contribution is 5.59. The summed E-state index contributed by atoms with van der Waals surface area (Å²) >= 11 is 0. The highest BCUT2D eigenvalue weighted by Gasteiger charge is 2.38. The Labute approximate surface area is 104 Å². The van der Waals surface area contributed by atoms with Gasteiger partial charge in [0, 0.05) is 25.0 Å². The number of aliphatic hydroxyl groups is 1. The van der Waals surface area contributed by atoms with Crippen molar-refractivity contribution >= 4 is 6.29 Å². The van der Waals surface area contributed by atoms with Crippen molar-refractivity contribution in [1.29, 1.82) is 0 Å². The molecule has 1 saturated heterocycles. The lowest BCUT2D eigenvalue weighted by atomic mass is 9.81. The Hall–Kier alpha value is -0.410. The maximum absolute atomic E-state index is 11.5. The molecule has 0 aromatic heterocycles.